The van der Waals surface area contributed by atoms with E-state index in [1.165, 1.54) is 11.1 Å². The van der Waals surface area contributed by atoms with Crippen LogP contribution in [0.3, 0.4) is 0 Å². The minimum absolute atomic E-state index is 0.382. The summed E-state index contributed by atoms with van der Waals surface area (Å²) in [5.74, 6) is 2.32. The van der Waals surface area contributed by atoms with Gasteiger partial charge in [-0.15, -0.1) is 11.6 Å². The van der Waals surface area contributed by atoms with Gasteiger partial charge in [-0.05, 0) is 49.1 Å². The quantitative estimate of drug-likeness (QED) is 0.834. The van der Waals surface area contributed by atoms with E-state index < -0.39 is 0 Å². The van der Waals surface area contributed by atoms with Crippen molar-refractivity contribution in [1.82, 2.24) is 5.32 Å². The Labute approximate surface area is 113 Å². The van der Waals surface area contributed by atoms with Gasteiger partial charge in [-0.25, -0.2) is 0 Å². The van der Waals surface area contributed by atoms with Gasteiger partial charge in [0.25, 0.3) is 0 Å². The molecule has 0 fully saturated rings. The molecule has 18 heavy (non-hydrogen) atoms. The van der Waals surface area contributed by atoms with Gasteiger partial charge in [0.2, 0.25) is 0 Å². The lowest BCUT2D eigenvalue weighted by atomic mass is 9.91. The summed E-state index contributed by atoms with van der Waals surface area (Å²) in [5.41, 5.74) is 2.68. The average Bonchev–Trinajstić information content (AvgIpc) is 2.43. The standard InChI is InChI=1S/C14H20ClNO2/c1-17-13-8-10-5-7-16-12(4-3-6-15)11(10)9-14(13)18-2/h8-9,12,16H,3-7H2,1-2H3/t12-/m0/s1. The molecule has 0 radical (unpaired) electrons. The van der Waals surface area contributed by atoms with Crippen LogP contribution in [0.25, 0.3) is 0 Å². The van der Waals surface area contributed by atoms with Crippen LogP contribution in [0, 0.1) is 0 Å². The molecule has 1 aliphatic rings. The number of ether oxygens (including phenoxy) is 2. The number of nitrogens with one attached hydrogen (secondary N) is 1. The Kier molecular flexibility index (Phi) is 4.72. The highest BCUT2D eigenvalue weighted by atomic mass is 35.5. The number of benzene rings is 1. The van der Waals surface area contributed by atoms with E-state index in [-0.39, 0.29) is 0 Å². The van der Waals surface area contributed by atoms with Crippen LogP contribution < -0.4 is 14.8 Å². The topological polar surface area (TPSA) is 30.5 Å². The van der Waals surface area contributed by atoms with E-state index in [0.717, 1.165) is 37.3 Å². The summed E-state index contributed by atoms with van der Waals surface area (Å²) in [7, 11) is 3.35. The molecule has 1 aromatic carbocycles. The Balaban J connectivity index is 2.31. The summed E-state index contributed by atoms with van der Waals surface area (Å²) in [6.07, 6.45) is 3.12. The van der Waals surface area contributed by atoms with Crippen molar-refractivity contribution in [2.75, 3.05) is 26.6 Å². The molecule has 0 aliphatic carbocycles. The van der Waals surface area contributed by atoms with Crippen LogP contribution in [0.15, 0.2) is 12.1 Å². The van der Waals surface area contributed by atoms with Gasteiger partial charge in [0.05, 0.1) is 14.2 Å². The molecule has 0 aromatic heterocycles. The lowest BCUT2D eigenvalue weighted by molar-refractivity contribution is 0.351. The Morgan fingerprint density at radius 2 is 2.00 bits per heavy atom. The zero-order chi connectivity index (χ0) is 13.0. The van der Waals surface area contributed by atoms with E-state index >= 15 is 0 Å². The van der Waals surface area contributed by atoms with Gasteiger partial charge in [-0.2, -0.15) is 0 Å². The fourth-order valence-corrected chi connectivity index (χ4v) is 2.66. The fraction of sp³-hybridized carbons (Fsp3) is 0.571. The Morgan fingerprint density at radius 3 is 2.67 bits per heavy atom. The van der Waals surface area contributed by atoms with Crippen molar-refractivity contribution in [3.63, 3.8) is 0 Å². The lowest BCUT2D eigenvalue weighted by Gasteiger charge is -2.28. The molecule has 1 N–H and O–H groups in total. The van der Waals surface area contributed by atoms with Crippen LogP contribution in [-0.2, 0) is 6.42 Å². The monoisotopic (exact) mass is 269 g/mol. The normalized spacial score (nSPS) is 18.3. The van der Waals surface area contributed by atoms with Crippen molar-refractivity contribution in [2.24, 2.45) is 0 Å². The first kappa shape index (κ1) is 13.5. The van der Waals surface area contributed by atoms with Crippen LogP contribution in [0.4, 0.5) is 0 Å². The predicted octanol–water partition coefficient (Wildman–Crippen LogP) is 2.91. The summed E-state index contributed by atoms with van der Waals surface area (Å²) in [6, 6.07) is 4.58. The highest BCUT2D eigenvalue weighted by Gasteiger charge is 2.21. The van der Waals surface area contributed by atoms with Crippen molar-refractivity contribution in [3.8, 4) is 11.5 Å². The third-order valence-electron chi connectivity index (χ3n) is 3.43. The molecule has 0 unspecified atom stereocenters. The third-order valence-corrected chi connectivity index (χ3v) is 3.70. The number of rotatable bonds is 5. The second-order valence-electron chi connectivity index (χ2n) is 4.49. The molecule has 1 atom stereocenters. The van der Waals surface area contributed by atoms with Gasteiger partial charge >= 0.3 is 0 Å². The van der Waals surface area contributed by atoms with Gasteiger partial charge < -0.3 is 14.8 Å². The van der Waals surface area contributed by atoms with E-state index in [4.69, 9.17) is 21.1 Å². The van der Waals surface area contributed by atoms with E-state index in [2.05, 4.69) is 17.4 Å². The SMILES string of the molecule is COc1cc2c(cc1OC)[C@H](CCCCl)NCC2. The zero-order valence-corrected chi connectivity index (χ0v) is 11.7. The Bertz CT molecular complexity index is 409. The summed E-state index contributed by atoms with van der Waals surface area (Å²) < 4.78 is 10.7. The van der Waals surface area contributed by atoms with Crippen molar-refractivity contribution < 1.29 is 9.47 Å². The van der Waals surface area contributed by atoms with E-state index in [9.17, 15) is 0 Å². The number of alkyl halides is 1. The molecular weight excluding hydrogens is 250 g/mol. The predicted molar refractivity (Wildman–Crippen MR) is 73.9 cm³/mol. The molecule has 100 valence electrons. The lowest BCUT2D eigenvalue weighted by Crippen LogP contribution is -2.30. The highest BCUT2D eigenvalue weighted by molar-refractivity contribution is 6.17. The average molecular weight is 270 g/mol. The minimum Gasteiger partial charge on any atom is -0.493 e. The first-order valence-corrected chi connectivity index (χ1v) is 6.87. The van der Waals surface area contributed by atoms with Crippen molar-refractivity contribution in [1.29, 1.82) is 0 Å². The molecule has 4 heteroatoms. The molecule has 0 saturated carbocycles. The van der Waals surface area contributed by atoms with Crippen molar-refractivity contribution in [3.05, 3.63) is 23.3 Å². The number of hydrogen-bond donors (Lipinski definition) is 1. The minimum atomic E-state index is 0.382. The van der Waals surface area contributed by atoms with E-state index in [1.54, 1.807) is 14.2 Å². The molecule has 0 amide bonds. The Hall–Kier alpha value is -0.930. The smallest absolute Gasteiger partial charge is 0.161 e. The molecule has 3 nitrogen and oxygen atoms in total. The number of methoxy groups -OCH3 is 2. The number of fused-ring (bicyclic) bond motifs is 1. The van der Waals surface area contributed by atoms with Gasteiger partial charge in [-0.3, -0.25) is 0 Å². The first-order chi connectivity index (χ1) is 8.80. The number of hydrogen-bond acceptors (Lipinski definition) is 3. The molecule has 1 aromatic rings. The van der Waals surface area contributed by atoms with Crippen LogP contribution in [0.2, 0.25) is 0 Å². The maximum absolute atomic E-state index is 5.78. The maximum Gasteiger partial charge on any atom is 0.161 e. The molecule has 0 saturated heterocycles. The van der Waals surface area contributed by atoms with Crippen molar-refractivity contribution >= 4 is 11.6 Å². The van der Waals surface area contributed by atoms with Crippen LogP contribution in [0.5, 0.6) is 11.5 Å². The van der Waals surface area contributed by atoms with Gasteiger partial charge in [0, 0.05) is 11.9 Å². The Morgan fingerprint density at radius 1 is 1.28 bits per heavy atom. The molecule has 1 aliphatic heterocycles. The largest absolute Gasteiger partial charge is 0.493 e. The first-order valence-electron chi connectivity index (χ1n) is 6.34. The summed E-state index contributed by atoms with van der Waals surface area (Å²) in [6.45, 7) is 1.01. The van der Waals surface area contributed by atoms with Crippen LogP contribution in [0.1, 0.15) is 30.0 Å². The summed E-state index contributed by atoms with van der Waals surface area (Å²) in [5, 5.41) is 3.54. The summed E-state index contributed by atoms with van der Waals surface area (Å²) >= 11 is 5.78. The van der Waals surface area contributed by atoms with E-state index in [0.29, 0.717) is 11.9 Å². The summed E-state index contributed by atoms with van der Waals surface area (Å²) in [4.78, 5) is 0. The van der Waals surface area contributed by atoms with Gasteiger partial charge in [0.1, 0.15) is 0 Å². The maximum atomic E-state index is 5.78. The van der Waals surface area contributed by atoms with Gasteiger partial charge in [0.15, 0.2) is 11.5 Å². The zero-order valence-electron chi connectivity index (χ0n) is 11.0. The third kappa shape index (κ3) is 2.73. The molecular formula is C14H20ClNO2. The number of halogens is 1. The molecule has 1 heterocycles. The van der Waals surface area contributed by atoms with Crippen LogP contribution in [-0.4, -0.2) is 26.6 Å². The second kappa shape index (κ2) is 6.30. The molecule has 2 rings (SSSR count). The second-order valence-corrected chi connectivity index (χ2v) is 4.87. The fourth-order valence-electron chi connectivity index (χ4n) is 2.51. The molecule has 0 bridgehead atoms. The van der Waals surface area contributed by atoms with E-state index in [1.807, 2.05) is 0 Å². The van der Waals surface area contributed by atoms with Crippen LogP contribution >= 0.6 is 11.6 Å². The highest BCUT2D eigenvalue weighted by Crippen LogP contribution is 2.36. The van der Waals surface area contributed by atoms with Crippen molar-refractivity contribution in [2.45, 2.75) is 25.3 Å². The van der Waals surface area contributed by atoms with Gasteiger partial charge in [-0.1, -0.05) is 0 Å². The molecule has 0 spiro atoms.